The fraction of sp³-hybridized carbons (Fsp3) is 1.00. The van der Waals surface area contributed by atoms with Gasteiger partial charge in [-0.25, -0.2) is 0 Å². The van der Waals surface area contributed by atoms with E-state index in [1.165, 1.54) is 103 Å². The second-order valence-corrected chi connectivity index (χ2v) is 17.3. The van der Waals surface area contributed by atoms with Crippen molar-refractivity contribution in [1.29, 1.82) is 0 Å². The normalized spacial score (nSPS) is 47.4. The molecule has 8 saturated carbocycles. The summed E-state index contributed by atoms with van der Waals surface area (Å²) < 4.78 is 15.0. The van der Waals surface area contributed by atoms with Gasteiger partial charge in [0.15, 0.2) is 0 Å². The molecular formula is C28H48O2Si. The molecule has 0 aromatic rings. The van der Waals surface area contributed by atoms with E-state index >= 15 is 0 Å². The van der Waals surface area contributed by atoms with Crippen LogP contribution in [0.5, 0.6) is 0 Å². The third kappa shape index (κ3) is 3.37. The maximum atomic E-state index is 7.50. The van der Waals surface area contributed by atoms with Crippen molar-refractivity contribution in [3.05, 3.63) is 0 Å². The first kappa shape index (κ1) is 21.7. The summed E-state index contributed by atoms with van der Waals surface area (Å²) in [7, 11) is -2.37. The molecule has 0 aromatic heterocycles. The fourth-order valence-electron chi connectivity index (χ4n) is 11.0. The van der Waals surface area contributed by atoms with Crippen LogP contribution in [0.25, 0.3) is 0 Å². The molecule has 31 heavy (non-hydrogen) atoms. The van der Waals surface area contributed by atoms with Gasteiger partial charge in [0, 0.05) is 23.3 Å². The zero-order chi connectivity index (χ0) is 21.1. The predicted octanol–water partition coefficient (Wildman–Crippen LogP) is 8.00. The molecule has 0 amide bonds. The van der Waals surface area contributed by atoms with Gasteiger partial charge in [0.1, 0.15) is 0 Å². The third-order valence-electron chi connectivity index (χ3n) is 11.1. The lowest BCUT2D eigenvalue weighted by Crippen LogP contribution is -2.69. The van der Waals surface area contributed by atoms with Crippen molar-refractivity contribution < 1.29 is 8.85 Å². The highest BCUT2D eigenvalue weighted by Gasteiger charge is 2.74. The Hall–Kier alpha value is 0.137. The summed E-state index contributed by atoms with van der Waals surface area (Å²) >= 11 is 0. The van der Waals surface area contributed by atoms with Gasteiger partial charge in [-0.05, 0) is 125 Å². The Kier molecular flexibility index (Phi) is 5.67. The second kappa shape index (κ2) is 8.12. The molecule has 2 nitrogen and oxygen atoms in total. The lowest BCUT2D eigenvalue weighted by molar-refractivity contribution is -0.0460. The summed E-state index contributed by atoms with van der Waals surface area (Å²) in [6.07, 6.45) is 23.0. The van der Waals surface area contributed by atoms with E-state index in [1.807, 2.05) is 0 Å². The van der Waals surface area contributed by atoms with Gasteiger partial charge in [-0.1, -0.05) is 26.7 Å². The number of hydrogen-bond donors (Lipinski definition) is 0. The lowest BCUT2D eigenvalue weighted by atomic mass is 9.55. The summed E-state index contributed by atoms with van der Waals surface area (Å²) in [4.78, 5) is 0. The smallest absolute Gasteiger partial charge is 0.351 e. The maximum Gasteiger partial charge on any atom is 0.351 e. The van der Waals surface area contributed by atoms with Crippen molar-refractivity contribution in [2.75, 3.05) is 13.2 Å². The van der Waals surface area contributed by atoms with Crippen molar-refractivity contribution in [2.45, 2.75) is 127 Å². The summed E-state index contributed by atoms with van der Waals surface area (Å²) in [6.45, 7) is 6.64. The topological polar surface area (TPSA) is 18.5 Å². The van der Waals surface area contributed by atoms with Crippen LogP contribution in [0.4, 0.5) is 0 Å². The van der Waals surface area contributed by atoms with Crippen molar-refractivity contribution in [3.8, 4) is 0 Å². The van der Waals surface area contributed by atoms with Gasteiger partial charge in [-0.2, -0.15) is 0 Å². The van der Waals surface area contributed by atoms with Crippen LogP contribution in [0.15, 0.2) is 0 Å². The van der Waals surface area contributed by atoms with Crippen LogP contribution in [0.2, 0.25) is 10.1 Å². The molecular weight excluding hydrogens is 396 g/mol. The lowest BCUT2D eigenvalue weighted by Gasteiger charge is -2.69. The second-order valence-electron chi connectivity index (χ2n) is 13.4. The molecule has 3 heteroatoms. The average Bonchev–Trinajstić information content (AvgIpc) is 2.70. The molecule has 0 N–H and O–H groups in total. The molecule has 0 spiro atoms. The van der Waals surface area contributed by atoms with E-state index in [-0.39, 0.29) is 0 Å². The molecule has 0 unspecified atom stereocenters. The Morgan fingerprint density at radius 3 is 1.10 bits per heavy atom. The molecule has 0 atom stereocenters. The van der Waals surface area contributed by atoms with Gasteiger partial charge in [0.25, 0.3) is 0 Å². The molecule has 8 aliphatic carbocycles. The molecule has 8 fully saturated rings. The zero-order valence-corrected chi connectivity index (χ0v) is 21.5. The van der Waals surface area contributed by atoms with E-state index in [9.17, 15) is 0 Å². The predicted molar refractivity (Wildman–Crippen MR) is 129 cm³/mol. The van der Waals surface area contributed by atoms with E-state index in [0.717, 1.165) is 48.7 Å². The Morgan fingerprint density at radius 1 is 0.548 bits per heavy atom. The minimum absolute atomic E-state index is 0.453. The number of rotatable bonds is 10. The molecule has 0 aliphatic heterocycles. The Labute approximate surface area is 192 Å². The van der Waals surface area contributed by atoms with Gasteiger partial charge >= 0.3 is 8.56 Å². The first-order valence-corrected chi connectivity index (χ1v) is 16.2. The summed E-state index contributed by atoms with van der Waals surface area (Å²) in [5, 5.41) is 0.907. The van der Waals surface area contributed by atoms with Crippen LogP contribution in [-0.4, -0.2) is 21.8 Å². The van der Waals surface area contributed by atoms with Gasteiger partial charge in [0.2, 0.25) is 0 Å². The molecule has 0 saturated heterocycles. The summed E-state index contributed by atoms with van der Waals surface area (Å²) in [6, 6.07) is 0. The van der Waals surface area contributed by atoms with Crippen LogP contribution in [0.1, 0.15) is 117 Å². The molecule has 8 rings (SSSR count). The average molecular weight is 445 g/mol. The maximum absolute atomic E-state index is 7.50. The van der Waals surface area contributed by atoms with Crippen LogP contribution < -0.4 is 0 Å². The molecule has 176 valence electrons. The van der Waals surface area contributed by atoms with Crippen LogP contribution >= 0.6 is 0 Å². The Balaban J connectivity index is 1.43. The van der Waals surface area contributed by atoms with E-state index < -0.39 is 8.56 Å². The van der Waals surface area contributed by atoms with Crippen molar-refractivity contribution in [3.63, 3.8) is 0 Å². The quantitative estimate of drug-likeness (QED) is 0.251. The highest BCUT2D eigenvalue weighted by Crippen LogP contribution is 2.77. The van der Waals surface area contributed by atoms with E-state index in [0.29, 0.717) is 10.1 Å². The van der Waals surface area contributed by atoms with E-state index in [2.05, 4.69) is 13.8 Å². The standard InChI is InChI=1S/C28H48O2Si/c1-3-5-7-29-31(30-8-6-4-2,27-15-21-9-22(16-27)11-23(10-21)17-27)28-18-24-12-25(19-28)14-26(13-24)20-28/h21-26H,3-20H2,1-2H3. The molecule has 8 bridgehead atoms. The summed E-state index contributed by atoms with van der Waals surface area (Å²) in [5.41, 5.74) is 0. The largest absolute Gasteiger partial charge is 0.394 e. The van der Waals surface area contributed by atoms with Gasteiger partial charge in [0.05, 0.1) is 0 Å². The minimum atomic E-state index is -2.37. The number of hydrogen-bond acceptors (Lipinski definition) is 2. The molecule has 0 heterocycles. The molecule has 8 aliphatic rings. The monoisotopic (exact) mass is 444 g/mol. The molecule has 0 aromatic carbocycles. The van der Waals surface area contributed by atoms with Crippen LogP contribution in [0, 0.1) is 35.5 Å². The van der Waals surface area contributed by atoms with Crippen LogP contribution in [-0.2, 0) is 8.85 Å². The highest BCUT2D eigenvalue weighted by molar-refractivity contribution is 6.74. The fourth-order valence-corrected chi connectivity index (χ4v) is 17.6. The van der Waals surface area contributed by atoms with Crippen molar-refractivity contribution in [2.24, 2.45) is 35.5 Å². The van der Waals surface area contributed by atoms with E-state index in [1.54, 1.807) is 0 Å². The Morgan fingerprint density at radius 2 is 0.839 bits per heavy atom. The minimum Gasteiger partial charge on any atom is -0.394 e. The number of unbranched alkanes of at least 4 members (excludes halogenated alkanes) is 2. The van der Waals surface area contributed by atoms with E-state index in [4.69, 9.17) is 8.85 Å². The van der Waals surface area contributed by atoms with Gasteiger partial charge in [-0.15, -0.1) is 0 Å². The third-order valence-corrected chi connectivity index (χ3v) is 16.3. The Bertz CT molecular complexity index is 531. The first-order valence-electron chi connectivity index (χ1n) is 14.4. The highest BCUT2D eigenvalue weighted by atomic mass is 28.4. The SMILES string of the molecule is CCCCO[Si](OCCCC)(C12CC3CC(CC(C3)C1)C2)C12CC3CC(CC(C3)C1)C2. The summed E-state index contributed by atoms with van der Waals surface area (Å²) in [5.74, 6) is 5.98. The zero-order valence-electron chi connectivity index (χ0n) is 20.5. The van der Waals surface area contributed by atoms with Gasteiger partial charge < -0.3 is 8.85 Å². The molecule has 0 radical (unpaired) electrons. The van der Waals surface area contributed by atoms with Crippen molar-refractivity contribution in [1.82, 2.24) is 0 Å². The van der Waals surface area contributed by atoms with Gasteiger partial charge in [-0.3, -0.25) is 0 Å². The first-order chi connectivity index (χ1) is 15.1. The van der Waals surface area contributed by atoms with Crippen LogP contribution in [0.3, 0.4) is 0 Å². The van der Waals surface area contributed by atoms with Crippen molar-refractivity contribution >= 4 is 8.56 Å².